The van der Waals surface area contributed by atoms with E-state index in [9.17, 15) is 9.59 Å². The molecule has 1 aliphatic carbocycles. The van der Waals surface area contributed by atoms with Crippen LogP contribution in [0.25, 0.3) is 0 Å². The topological polar surface area (TPSA) is 69.6 Å². The number of anilines is 1. The highest BCUT2D eigenvalue weighted by atomic mass is 16.4. The molecule has 1 amide bonds. The van der Waals surface area contributed by atoms with E-state index >= 15 is 0 Å². The van der Waals surface area contributed by atoms with Crippen LogP contribution >= 0.6 is 0 Å². The van der Waals surface area contributed by atoms with Gasteiger partial charge in [-0.2, -0.15) is 0 Å². The van der Waals surface area contributed by atoms with Gasteiger partial charge in [0.25, 0.3) is 5.91 Å². The molecule has 1 saturated carbocycles. The quantitative estimate of drug-likeness (QED) is 0.855. The van der Waals surface area contributed by atoms with Gasteiger partial charge in [0.15, 0.2) is 0 Å². The summed E-state index contributed by atoms with van der Waals surface area (Å²) in [4.78, 5) is 24.9. The molecule has 20 heavy (non-hydrogen) atoms. The number of hydrogen-bond acceptors (Lipinski definition) is 3. The van der Waals surface area contributed by atoms with Crippen LogP contribution in [0.15, 0.2) is 18.2 Å². The fourth-order valence-electron chi connectivity index (χ4n) is 2.62. The number of carbonyl (C=O) groups is 2. The van der Waals surface area contributed by atoms with Crippen LogP contribution in [0, 0.1) is 5.92 Å². The van der Waals surface area contributed by atoms with Crippen LogP contribution < -0.4 is 5.32 Å². The van der Waals surface area contributed by atoms with Crippen LogP contribution in [0.5, 0.6) is 0 Å². The first-order chi connectivity index (χ1) is 9.63. The molecule has 1 aliphatic heterocycles. The fraction of sp³-hybridized carbons (Fsp3) is 0.467. The molecule has 1 heterocycles. The summed E-state index contributed by atoms with van der Waals surface area (Å²) in [5.74, 6) is -0.648. The lowest BCUT2D eigenvalue weighted by Crippen LogP contribution is -2.37. The van der Waals surface area contributed by atoms with Gasteiger partial charge in [-0.3, -0.25) is 9.59 Å². The lowest BCUT2D eigenvalue weighted by molar-refractivity contribution is -0.137. The van der Waals surface area contributed by atoms with Gasteiger partial charge in [0.2, 0.25) is 0 Å². The maximum atomic E-state index is 12.5. The number of hydrogen-bond donors (Lipinski definition) is 2. The normalized spacial score (nSPS) is 16.4. The largest absolute Gasteiger partial charge is 0.480 e. The minimum atomic E-state index is -0.957. The number of amides is 1. The maximum absolute atomic E-state index is 12.5. The summed E-state index contributed by atoms with van der Waals surface area (Å²) in [5, 5.41) is 12.2. The minimum absolute atomic E-state index is 0.172. The van der Waals surface area contributed by atoms with Crippen molar-refractivity contribution in [1.82, 2.24) is 4.90 Å². The van der Waals surface area contributed by atoms with Crippen molar-refractivity contribution >= 4 is 17.6 Å². The molecular formula is C15H18N2O3. The molecule has 0 spiro atoms. The number of carbonyl (C=O) groups excluding carboxylic acids is 1. The highest BCUT2D eigenvalue weighted by molar-refractivity contribution is 5.96. The Morgan fingerprint density at radius 2 is 2.15 bits per heavy atom. The molecule has 0 bridgehead atoms. The monoisotopic (exact) mass is 274 g/mol. The average molecular weight is 274 g/mol. The standard InChI is InChI=1S/C15H18N2O3/c18-14(19)9-17(8-10-1-2-10)15(20)12-3-4-13-11(7-12)5-6-16-13/h3-4,7,10,16H,1-2,5-6,8-9H2,(H,18,19). The Morgan fingerprint density at radius 1 is 1.35 bits per heavy atom. The molecule has 0 atom stereocenters. The third kappa shape index (κ3) is 2.76. The summed E-state index contributed by atoms with van der Waals surface area (Å²) in [5.41, 5.74) is 2.81. The summed E-state index contributed by atoms with van der Waals surface area (Å²) in [6, 6.07) is 5.58. The molecule has 5 heteroatoms. The van der Waals surface area contributed by atoms with Gasteiger partial charge in [-0.25, -0.2) is 0 Å². The lowest BCUT2D eigenvalue weighted by Gasteiger charge is -2.21. The predicted octanol–water partition coefficient (Wildman–Crippen LogP) is 1.59. The number of aliphatic carboxylic acids is 1. The molecule has 0 saturated heterocycles. The predicted molar refractivity (Wildman–Crippen MR) is 74.9 cm³/mol. The van der Waals surface area contributed by atoms with Crippen LogP contribution in [0.4, 0.5) is 5.69 Å². The Hall–Kier alpha value is -2.04. The molecule has 106 valence electrons. The molecule has 5 nitrogen and oxygen atoms in total. The van der Waals surface area contributed by atoms with Crippen molar-refractivity contribution in [1.29, 1.82) is 0 Å². The van der Waals surface area contributed by atoms with Gasteiger partial charge >= 0.3 is 5.97 Å². The van der Waals surface area contributed by atoms with Crippen molar-refractivity contribution in [2.75, 3.05) is 25.0 Å². The molecule has 0 aromatic heterocycles. The number of rotatable bonds is 5. The average Bonchev–Trinajstić information content (AvgIpc) is 3.11. The molecule has 1 aromatic carbocycles. The van der Waals surface area contributed by atoms with Gasteiger partial charge < -0.3 is 15.3 Å². The Morgan fingerprint density at radius 3 is 2.85 bits per heavy atom. The van der Waals surface area contributed by atoms with E-state index < -0.39 is 5.97 Å². The summed E-state index contributed by atoms with van der Waals surface area (Å²) < 4.78 is 0. The van der Waals surface area contributed by atoms with Crippen LogP contribution in [0.2, 0.25) is 0 Å². The molecule has 0 unspecified atom stereocenters. The third-order valence-electron chi connectivity index (χ3n) is 3.85. The second-order valence-corrected chi connectivity index (χ2v) is 5.57. The van der Waals surface area contributed by atoms with E-state index in [-0.39, 0.29) is 12.5 Å². The van der Waals surface area contributed by atoms with Crippen LogP contribution in [-0.2, 0) is 11.2 Å². The first-order valence-electron chi connectivity index (χ1n) is 7.01. The minimum Gasteiger partial charge on any atom is -0.480 e. The first-order valence-corrected chi connectivity index (χ1v) is 7.01. The number of fused-ring (bicyclic) bond motifs is 1. The highest BCUT2D eigenvalue weighted by Crippen LogP contribution is 2.30. The number of carboxylic acids is 1. The molecule has 0 radical (unpaired) electrons. The Kier molecular flexibility index (Phi) is 3.34. The van der Waals surface area contributed by atoms with Crippen molar-refractivity contribution in [3.8, 4) is 0 Å². The van der Waals surface area contributed by atoms with Crippen molar-refractivity contribution in [3.05, 3.63) is 29.3 Å². The highest BCUT2D eigenvalue weighted by Gasteiger charge is 2.28. The third-order valence-corrected chi connectivity index (χ3v) is 3.85. The summed E-state index contributed by atoms with van der Waals surface area (Å²) in [6.07, 6.45) is 3.10. The van der Waals surface area contributed by atoms with E-state index in [1.165, 1.54) is 4.90 Å². The van der Waals surface area contributed by atoms with Crippen molar-refractivity contribution in [2.45, 2.75) is 19.3 Å². The fourth-order valence-corrected chi connectivity index (χ4v) is 2.62. The Balaban J connectivity index is 1.78. The van der Waals surface area contributed by atoms with E-state index in [1.807, 2.05) is 12.1 Å². The molecular weight excluding hydrogens is 256 g/mol. The van der Waals surface area contributed by atoms with Crippen molar-refractivity contribution < 1.29 is 14.7 Å². The van der Waals surface area contributed by atoms with E-state index in [4.69, 9.17) is 5.11 Å². The van der Waals surface area contributed by atoms with Crippen LogP contribution in [0.3, 0.4) is 0 Å². The van der Waals surface area contributed by atoms with E-state index in [0.29, 0.717) is 18.0 Å². The zero-order valence-electron chi connectivity index (χ0n) is 11.3. The lowest BCUT2D eigenvalue weighted by atomic mass is 10.1. The second kappa shape index (κ2) is 5.15. The van der Waals surface area contributed by atoms with Gasteiger partial charge in [0, 0.05) is 24.3 Å². The SMILES string of the molecule is O=C(O)CN(CC1CC1)C(=O)c1ccc2c(c1)CCN2. The van der Waals surface area contributed by atoms with Crippen molar-refractivity contribution in [2.24, 2.45) is 5.92 Å². The van der Waals surface area contributed by atoms with Gasteiger partial charge in [0.1, 0.15) is 6.54 Å². The Labute approximate surface area is 117 Å². The number of carboxylic acid groups (broad SMARTS) is 1. The van der Waals surface area contributed by atoms with Gasteiger partial charge in [-0.15, -0.1) is 0 Å². The van der Waals surface area contributed by atoms with Gasteiger partial charge in [-0.1, -0.05) is 0 Å². The van der Waals surface area contributed by atoms with E-state index in [0.717, 1.165) is 37.1 Å². The smallest absolute Gasteiger partial charge is 0.323 e. The van der Waals surface area contributed by atoms with Crippen LogP contribution in [-0.4, -0.2) is 41.5 Å². The van der Waals surface area contributed by atoms with Crippen LogP contribution in [0.1, 0.15) is 28.8 Å². The zero-order chi connectivity index (χ0) is 14.1. The van der Waals surface area contributed by atoms with Crippen molar-refractivity contribution in [3.63, 3.8) is 0 Å². The summed E-state index contributed by atoms with van der Waals surface area (Å²) in [7, 11) is 0. The van der Waals surface area contributed by atoms with Gasteiger partial charge in [-0.05, 0) is 48.9 Å². The molecule has 2 N–H and O–H groups in total. The van der Waals surface area contributed by atoms with E-state index in [2.05, 4.69) is 5.32 Å². The molecule has 1 fully saturated rings. The zero-order valence-corrected chi connectivity index (χ0v) is 11.3. The molecule has 2 aliphatic rings. The molecule has 3 rings (SSSR count). The number of nitrogens with zero attached hydrogens (tertiary/aromatic N) is 1. The summed E-state index contributed by atoms with van der Waals surface area (Å²) in [6.45, 7) is 1.24. The maximum Gasteiger partial charge on any atom is 0.323 e. The second-order valence-electron chi connectivity index (χ2n) is 5.57. The number of nitrogens with one attached hydrogen (secondary N) is 1. The molecule has 1 aromatic rings. The number of benzene rings is 1. The summed E-state index contributed by atoms with van der Waals surface area (Å²) >= 11 is 0. The van der Waals surface area contributed by atoms with Gasteiger partial charge in [0.05, 0.1) is 0 Å². The Bertz CT molecular complexity index is 552. The van der Waals surface area contributed by atoms with E-state index in [1.54, 1.807) is 6.07 Å². The first kappa shape index (κ1) is 13.0.